The molecule has 0 aliphatic heterocycles. The van der Waals surface area contributed by atoms with Crippen molar-refractivity contribution in [3.05, 3.63) is 17.5 Å². The zero-order valence-corrected chi connectivity index (χ0v) is 6.94. The van der Waals surface area contributed by atoms with E-state index in [1.54, 1.807) is 6.07 Å². The Bertz CT molecular complexity index is 393. The molecule has 0 saturated heterocycles. The van der Waals surface area contributed by atoms with Crippen molar-refractivity contribution in [1.82, 2.24) is 9.78 Å². The zero-order valence-electron chi connectivity index (χ0n) is 6.94. The van der Waals surface area contributed by atoms with Gasteiger partial charge in [0.2, 0.25) is 0 Å². The number of carbonyl (C=O) groups is 1. The van der Waals surface area contributed by atoms with E-state index in [0.717, 1.165) is 10.9 Å². The fraction of sp³-hybridized carbons (Fsp3) is 0.286. The number of halogens is 2. The number of alkyl halides is 2. The van der Waals surface area contributed by atoms with Gasteiger partial charge in [-0.05, 0) is 0 Å². The molecule has 1 amide bonds. The first-order chi connectivity index (χ1) is 6.54. The maximum Gasteiger partial charge on any atom is 0.257 e. The van der Waals surface area contributed by atoms with Gasteiger partial charge < -0.3 is 5.73 Å². The molecule has 1 aromatic heterocycles. The number of primary amides is 1. The molecule has 0 aliphatic rings. The van der Waals surface area contributed by atoms with Crippen LogP contribution in [0.4, 0.5) is 8.78 Å². The third kappa shape index (κ3) is 2.04. The van der Waals surface area contributed by atoms with Crippen LogP contribution in [0.15, 0.2) is 6.20 Å². The highest BCUT2D eigenvalue weighted by Crippen LogP contribution is 2.06. The molecule has 74 valence electrons. The summed E-state index contributed by atoms with van der Waals surface area (Å²) in [7, 11) is 0. The summed E-state index contributed by atoms with van der Waals surface area (Å²) in [6, 6.07) is 1.59. The molecular formula is C7H6F2N4O. The van der Waals surface area contributed by atoms with Crippen molar-refractivity contribution in [1.29, 1.82) is 5.26 Å². The number of nitrogens with two attached hydrogens (primary N) is 1. The molecule has 1 heterocycles. The quantitative estimate of drug-likeness (QED) is 0.751. The van der Waals surface area contributed by atoms with Gasteiger partial charge in [0.15, 0.2) is 5.69 Å². The second-order valence-corrected chi connectivity index (χ2v) is 2.48. The Hall–Kier alpha value is -1.97. The minimum Gasteiger partial charge on any atom is -0.365 e. The van der Waals surface area contributed by atoms with E-state index in [-0.39, 0.29) is 11.3 Å². The first-order valence-corrected chi connectivity index (χ1v) is 3.60. The summed E-state index contributed by atoms with van der Waals surface area (Å²) < 4.78 is 24.6. The molecule has 0 atom stereocenters. The summed E-state index contributed by atoms with van der Waals surface area (Å²) in [5.74, 6) is -0.859. The van der Waals surface area contributed by atoms with E-state index in [9.17, 15) is 13.6 Å². The molecule has 0 saturated carbocycles. The van der Waals surface area contributed by atoms with Crippen LogP contribution in [0, 0.1) is 11.3 Å². The summed E-state index contributed by atoms with van der Waals surface area (Å²) in [6.45, 7) is -0.665. The average molecular weight is 200 g/mol. The van der Waals surface area contributed by atoms with Crippen molar-refractivity contribution in [2.45, 2.75) is 13.0 Å². The lowest BCUT2D eigenvalue weighted by Gasteiger charge is -1.97. The number of hydrogen-bond acceptors (Lipinski definition) is 3. The summed E-state index contributed by atoms with van der Waals surface area (Å²) in [4.78, 5) is 10.7. The van der Waals surface area contributed by atoms with Gasteiger partial charge in [0, 0.05) is 6.20 Å². The Labute approximate surface area is 77.7 Å². The SMILES string of the molecule is N#Cc1nn(CC(F)F)cc1C(N)=O. The molecular weight excluding hydrogens is 194 g/mol. The maximum atomic E-state index is 11.9. The van der Waals surface area contributed by atoms with E-state index in [1.807, 2.05) is 0 Å². The first kappa shape index (κ1) is 10.1. The molecule has 2 N–H and O–H groups in total. The minimum absolute atomic E-state index is 0.145. The molecule has 1 aromatic rings. The topological polar surface area (TPSA) is 84.7 Å². The van der Waals surface area contributed by atoms with Crippen LogP contribution in [0.3, 0.4) is 0 Å². The van der Waals surface area contributed by atoms with Crippen molar-refractivity contribution < 1.29 is 13.6 Å². The Kier molecular flexibility index (Phi) is 2.76. The summed E-state index contributed by atoms with van der Waals surface area (Å²) in [5.41, 5.74) is 4.52. The summed E-state index contributed by atoms with van der Waals surface area (Å²) in [6.07, 6.45) is -1.56. The fourth-order valence-corrected chi connectivity index (χ4v) is 0.919. The molecule has 1 rings (SSSR count). The molecule has 0 radical (unpaired) electrons. The van der Waals surface area contributed by atoms with Gasteiger partial charge >= 0.3 is 0 Å². The van der Waals surface area contributed by atoms with Crippen molar-refractivity contribution in [3.8, 4) is 6.07 Å². The molecule has 5 nitrogen and oxygen atoms in total. The number of carbonyl (C=O) groups excluding carboxylic acids is 1. The molecule has 0 aliphatic carbocycles. The summed E-state index contributed by atoms with van der Waals surface area (Å²) in [5, 5.41) is 12.0. The van der Waals surface area contributed by atoms with Crippen LogP contribution in [0.1, 0.15) is 16.1 Å². The van der Waals surface area contributed by atoms with Crippen LogP contribution < -0.4 is 5.73 Å². The van der Waals surface area contributed by atoms with E-state index in [4.69, 9.17) is 11.0 Å². The Balaban J connectivity index is 3.02. The Morgan fingerprint density at radius 3 is 2.79 bits per heavy atom. The van der Waals surface area contributed by atoms with E-state index < -0.39 is 18.9 Å². The molecule has 14 heavy (non-hydrogen) atoms. The van der Waals surface area contributed by atoms with E-state index >= 15 is 0 Å². The molecule has 0 aromatic carbocycles. The number of amides is 1. The molecule has 0 bridgehead atoms. The normalized spacial score (nSPS) is 10.1. The third-order valence-electron chi connectivity index (χ3n) is 1.46. The van der Waals surface area contributed by atoms with Crippen LogP contribution in [0.5, 0.6) is 0 Å². The van der Waals surface area contributed by atoms with Crippen LogP contribution in [0.25, 0.3) is 0 Å². The van der Waals surface area contributed by atoms with E-state index in [0.29, 0.717) is 0 Å². The largest absolute Gasteiger partial charge is 0.365 e. The third-order valence-corrected chi connectivity index (χ3v) is 1.46. The highest BCUT2D eigenvalue weighted by Gasteiger charge is 2.15. The van der Waals surface area contributed by atoms with Gasteiger partial charge in [0.05, 0.1) is 5.56 Å². The lowest BCUT2D eigenvalue weighted by atomic mass is 10.2. The first-order valence-electron chi connectivity index (χ1n) is 3.60. The minimum atomic E-state index is -2.60. The van der Waals surface area contributed by atoms with E-state index in [2.05, 4.69) is 5.10 Å². The molecule has 0 fully saturated rings. The number of aromatic nitrogens is 2. The van der Waals surface area contributed by atoms with Gasteiger partial charge in [-0.2, -0.15) is 10.4 Å². The predicted octanol–water partition coefficient (Wildman–Crippen LogP) is 0.119. The monoisotopic (exact) mass is 200 g/mol. The molecule has 7 heteroatoms. The van der Waals surface area contributed by atoms with Gasteiger partial charge in [0.1, 0.15) is 12.6 Å². The lowest BCUT2D eigenvalue weighted by molar-refractivity contribution is 0.0998. The Morgan fingerprint density at radius 2 is 2.43 bits per heavy atom. The standard InChI is InChI=1S/C7H6F2N4O/c8-6(9)3-13-2-4(7(11)14)5(1-10)12-13/h2,6H,3H2,(H2,11,14). The zero-order chi connectivity index (χ0) is 10.7. The molecule has 0 spiro atoms. The highest BCUT2D eigenvalue weighted by molar-refractivity contribution is 5.94. The van der Waals surface area contributed by atoms with Crippen molar-refractivity contribution >= 4 is 5.91 Å². The van der Waals surface area contributed by atoms with Crippen molar-refractivity contribution in [2.24, 2.45) is 5.73 Å². The van der Waals surface area contributed by atoms with Crippen LogP contribution >= 0.6 is 0 Å². The van der Waals surface area contributed by atoms with Crippen LogP contribution in [-0.4, -0.2) is 22.1 Å². The second-order valence-electron chi connectivity index (χ2n) is 2.48. The fourth-order valence-electron chi connectivity index (χ4n) is 0.919. The van der Waals surface area contributed by atoms with Gasteiger partial charge in [-0.3, -0.25) is 9.48 Å². The lowest BCUT2D eigenvalue weighted by Crippen LogP contribution is -2.11. The van der Waals surface area contributed by atoms with Crippen molar-refractivity contribution in [2.75, 3.05) is 0 Å². The average Bonchev–Trinajstić information content (AvgIpc) is 2.46. The predicted molar refractivity (Wildman–Crippen MR) is 41.5 cm³/mol. The summed E-state index contributed by atoms with van der Waals surface area (Å²) >= 11 is 0. The van der Waals surface area contributed by atoms with Gasteiger partial charge in [0.25, 0.3) is 12.3 Å². The maximum absolute atomic E-state index is 11.9. The molecule has 0 unspecified atom stereocenters. The number of hydrogen-bond donors (Lipinski definition) is 1. The van der Waals surface area contributed by atoms with Gasteiger partial charge in [-0.25, -0.2) is 8.78 Å². The van der Waals surface area contributed by atoms with Gasteiger partial charge in [-0.1, -0.05) is 0 Å². The van der Waals surface area contributed by atoms with Crippen LogP contribution in [0.2, 0.25) is 0 Å². The smallest absolute Gasteiger partial charge is 0.257 e. The highest BCUT2D eigenvalue weighted by atomic mass is 19.3. The number of nitriles is 1. The van der Waals surface area contributed by atoms with Gasteiger partial charge in [-0.15, -0.1) is 0 Å². The van der Waals surface area contributed by atoms with E-state index in [1.165, 1.54) is 0 Å². The van der Waals surface area contributed by atoms with Crippen molar-refractivity contribution in [3.63, 3.8) is 0 Å². The van der Waals surface area contributed by atoms with Crippen LogP contribution in [-0.2, 0) is 6.54 Å². The number of nitrogens with zero attached hydrogens (tertiary/aromatic N) is 3. The number of rotatable bonds is 3. The Morgan fingerprint density at radius 1 is 1.79 bits per heavy atom. The second kappa shape index (κ2) is 3.83.